The lowest BCUT2D eigenvalue weighted by Crippen LogP contribution is -2.27. The van der Waals surface area contributed by atoms with Crippen LogP contribution >= 0.6 is 11.6 Å². The fourth-order valence-corrected chi connectivity index (χ4v) is 3.14. The van der Waals surface area contributed by atoms with Crippen molar-refractivity contribution in [2.24, 2.45) is 0 Å². The lowest BCUT2D eigenvalue weighted by molar-refractivity contribution is 0.0940. The summed E-state index contributed by atoms with van der Waals surface area (Å²) in [5, 5.41) is 3.13. The molecule has 0 unspecified atom stereocenters. The smallest absolute Gasteiger partial charge is 0.253 e. The molecule has 134 valence electrons. The van der Waals surface area contributed by atoms with Crippen molar-refractivity contribution >= 4 is 33.2 Å². The molecule has 2 rings (SSSR count). The number of hydrogen-bond acceptors (Lipinski definition) is 3. The number of amides is 1. The van der Waals surface area contributed by atoms with Gasteiger partial charge in [0.05, 0.1) is 22.9 Å². The molecule has 2 aromatic carbocycles. The van der Waals surface area contributed by atoms with Gasteiger partial charge in [0.2, 0.25) is 10.0 Å². The first-order valence-corrected chi connectivity index (χ1v) is 10.1. The Hall–Kier alpha value is -2.05. The molecule has 7 heteroatoms. The summed E-state index contributed by atoms with van der Waals surface area (Å²) in [6, 6.07) is 12.2. The summed E-state index contributed by atoms with van der Waals surface area (Å²) in [6.07, 6.45) is 2.00. The number of nitrogens with one attached hydrogen (secondary N) is 2. The minimum atomic E-state index is -3.43. The molecule has 1 amide bonds. The Kier molecular flexibility index (Phi) is 6.08. The predicted octanol–water partition coefficient (Wildman–Crippen LogP) is 3.76. The fourth-order valence-electron chi connectivity index (χ4n) is 2.38. The maximum Gasteiger partial charge on any atom is 0.253 e. The van der Waals surface area contributed by atoms with Crippen molar-refractivity contribution in [3.63, 3.8) is 0 Å². The minimum absolute atomic E-state index is 0.207. The first-order chi connectivity index (χ1) is 11.7. The van der Waals surface area contributed by atoms with E-state index in [1.54, 1.807) is 0 Å². The number of sulfonamides is 1. The largest absolute Gasteiger partial charge is 0.345 e. The van der Waals surface area contributed by atoms with Gasteiger partial charge in [-0.05, 0) is 42.7 Å². The molecule has 25 heavy (non-hydrogen) atoms. The van der Waals surface area contributed by atoms with Crippen molar-refractivity contribution < 1.29 is 13.2 Å². The van der Waals surface area contributed by atoms with Gasteiger partial charge in [0.1, 0.15) is 0 Å². The monoisotopic (exact) mass is 380 g/mol. The molecule has 5 nitrogen and oxygen atoms in total. The Morgan fingerprint density at radius 1 is 1.16 bits per heavy atom. The second-order valence-corrected chi connectivity index (χ2v) is 8.01. The van der Waals surface area contributed by atoms with Gasteiger partial charge in [-0.3, -0.25) is 9.52 Å². The van der Waals surface area contributed by atoms with E-state index >= 15 is 0 Å². The van der Waals surface area contributed by atoms with E-state index < -0.39 is 10.0 Å². The summed E-state index contributed by atoms with van der Waals surface area (Å²) >= 11 is 6.09. The number of carbonyl (C=O) groups is 1. The summed E-state index contributed by atoms with van der Waals surface area (Å²) in [7, 11) is -3.43. The maximum atomic E-state index is 12.5. The van der Waals surface area contributed by atoms with Crippen molar-refractivity contribution in [3.8, 4) is 0 Å². The third-order valence-electron chi connectivity index (χ3n) is 3.75. The molecule has 0 radical (unpaired) electrons. The molecular weight excluding hydrogens is 360 g/mol. The molecule has 0 aromatic heterocycles. The SMILES string of the molecule is CCc1ccc([C@@H](C)NC(=O)c2cc(NS(C)(=O)=O)ccc2Cl)cc1. The van der Waals surface area contributed by atoms with Crippen molar-refractivity contribution in [1.29, 1.82) is 0 Å². The van der Waals surface area contributed by atoms with Crippen LogP contribution in [0.25, 0.3) is 0 Å². The molecule has 0 aliphatic rings. The quantitative estimate of drug-likeness (QED) is 0.801. The number of aryl methyl sites for hydroxylation is 1. The normalized spacial score (nSPS) is 12.5. The van der Waals surface area contributed by atoms with Crippen LogP contribution in [-0.4, -0.2) is 20.6 Å². The molecule has 2 N–H and O–H groups in total. The van der Waals surface area contributed by atoms with Crippen molar-refractivity contribution in [3.05, 3.63) is 64.2 Å². The van der Waals surface area contributed by atoms with Gasteiger partial charge in [0.15, 0.2) is 0 Å². The van der Waals surface area contributed by atoms with Crippen LogP contribution in [0.2, 0.25) is 5.02 Å². The molecule has 0 heterocycles. The van der Waals surface area contributed by atoms with Crippen LogP contribution < -0.4 is 10.0 Å². The zero-order valence-electron chi connectivity index (χ0n) is 14.3. The van der Waals surface area contributed by atoms with Crippen LogP contribution in [0.3, 0.4) is 0 Å². The topological polar surface area (TPSA) is 75.3 Å². The first kappa shape index (κ1) is 19.3. The summed E-state index contributed by atoms with van der Waals surface area (Å²) in [6.45, 7) is 3.96. The number of hydrogen-bond donors (Lipinski definition) is 2. The van der Waals surface area contributed by atoms with Crippen molar-refractivity contribution in [2.75, 3.05) is 11.0 Å². The lowest BCUT2D eigenvalue weighted by atomic mass is 10.0. The molecule has 2 aromatic rings. The van der Waals surface area contributed by atoms with Gasteiger partial charge in [0.25, 0.3) is 5.91 Å². The molecule has 0 fully saturated rings. The zero-order valence-corrected chi connectivity index (χ0v) is 15.9. The van der Waals surface area contributed by atoms with E-state index in [1.165, 1.54) is 23.8 Å². The summed E-state index contributed by atoms with van der Waals surface area (Å²) in [4.78, 5) is 12.5. The highest BCUT2D eigenvalue weighted by Gasteiger charge is 2.16. The minimum Gasteiger partial charge on any atom is -0.345 e. The van der Waals surface area contributed by atoms with Crippen molar-refractivity contribution in [1.82, 2.24) is 5.32 Å². The van der Waals surface area contributed by atoms with Gasteiger partial charge in [-0.1, -0.05) is 42.8 Å². The number of benzene rings is 2. The van der Waals surface area contributed by atoms with Crippen LogP contribution in [-0.2, 0) is 16.4 Å². The van der Waals surface area contributed by atoms with Gasteiger partial charge in [0, 0.05) is 5.69 Å². The predicted molar refractivity (Wildman–Crippen MR) is 102 cm³/mol. The van der Waals surface area contributed by atoms with Crippen LogP contribution in [0.5, 0.6) is 0 Å². The van der Waals surface area contributed by atoms with Crippen LogP contribution in [0.15, 0.2) is 42.5 Å². The highest BCUT2D eigenvalue weighted by atomic mass is 35.5. The number of halogens is 1. The lowest BCUT2D eigenvalue weighted by Gasteiger charge is -2.16. The van der Waals surface area contributed by atoms with E-state index in [4.69, 9.17) is 11.6 Å². The Balaban J connectivity index is 2.17. The van der Waals surface area contributed by atoms with E-state index in [2.05, 4.69) is 17.0 Å². The van der Waals surface area contributed by atoms with Gasteiger partial charge in [-0.2, -0.15) is 0 Å². The van der Waals surface area contributed by atoms with Crippen LogP contribution in [0.1, 0.15) is 41.4 Å². The Morgan fingerprint density at radius 3 is 2.36 bits per heavy atom. The molecule has 0 aliphatic carbocycles. The Bertz CT molecular complexity index is 864. The standard InChI is InChI=1S/C18H21ClN2O3S/c1-4-13-5-7-14(8-6-13)12(2)20-18(22)16-11-15(9-10-17(16)19)21-25(3,23)24/h5-12,21H,4H2,1-3H3,(H,20,22)/t12-/m1/s1. The number of carbonyl (C=O) groups excluding carboxylic acids is 1. The van der Waals surface area contributed by atoms with Gasteiger partial charge in [-0.15, -0.1) is 0 Å². The number of rotatable bonds is 6. The van der Waals surface area contributed by atoms with E-state index in [9.17, 15) is 13.2 Å². The van der Waals surface area contributed by atoms with Gasteiger partial charge < -0.3 is 5.32 Å². The number of anilines is 1. The molecule has 0 spiro atoms. The van der Waals surface area contributed by atoms with Gasteiger partial charge in [-0.25, -0.2) is 8.42 Å². The fraction of sp³-hybridized carbons (Fsp3) is 0.278. The second-order valence-electron chi connectivity index (χ2n) is 5.86. The third kappa shape index (κ3) is 5.47. The molecule has 0 bridgehead atoms. The van der Waals surface area contributed by atoms with E-state index in [1.807, 2.05) is 31.2 Å². The van der Waals surface area contributed by atoms with Crippen molar-refractivity contribution in [2.45, 2.75) is 26.3 Å². The van der Waals surface area contributed by atoms with Crippen LogP contribution in [0.4, 0.5) is 5.69 Å². The van der Waals surface area contributed by atoms with E-state index in [-0.39, 0.29) is 28.2 Å². The van der Waals surface area contributed by atoms with Gasteiger partial charge >= 0.3 is 0 Å². The molecule has 0 saturated carbocycles. The average molecular weight is 381 g/mol. The Labute approximate surface area is 153 Å². The third-order valence-corrected chi connectivity index (χ3v) is 4.69. The maximum absolute atomic E-state index is 12.5. The second kappa shape index (κ2) is 7.89. The summed E-state index contributed by atoms with van der Waals surface area (Å²) in [5.41, 5.74) is 2.71. The van der Waals surface area contributed by atoms with Crippen LogP contribution in [0, 0.1) is 0 Å². The summed E-state index contributed by atoms with van der Waals surface area (Å²) in [5.74, 6) is -0.366. The highest BCUT2D eigenvalue weighted by molar-refractivity contribution is 7.92. The molecule has 0 aliphatic heterocycles. The molecular formula is C18H21ClN2O3S. The highest BCUT2D eigenvalue weighted by Crippen LogP contribution is 2.22. The van der Waals surface area contributed by atoms with E-state index in [0.29, 0.717) is 0 Å². The summed E-state index contributed by atoms with van der Waals surface area (Å²) < 4.78 is 25.0. The molecule has 0 saturated heterocycles. The van der Waals surface area contributed by atoms with E-state index in [0.717, 1.165) is 18.2 Å². The Morgan fingerprint density at radius 2 is 1.80 bits per heavy atom. The zero-order chi connectivity index (χ0) is 18.6. The molecule has 1 atom stereocenters. The average Bonchev–Trinajstić information content (AvgIpc) is 2.55. The first-order valence-electron chi connectivity index (χ1n) is 7.86.